The van der Waals surface area contributed by atoms with Crippen LogP contribution in [0.2, 0.25) is 0 Å². The van der Waals surface area contributed by atoms with Gasteiger partial charge >= 0.3 is 0 Å². The Morgan fingerprint density at radius 2 is 2.00 bits per heavy atom. The molecule has 0 amide bonds. The molecule has 0 aromatic carbocycles. The second-order valence-electron chi connectivity index (χ2n) is 0.985. The van der Waals surface area contributed by atoms with Crippen molar-refractivity contribution in [1.82, 2.24) is 0 Å². The van der Waals surface area contributed by atoms with Crippen LogP contribution in [-0.2, 0) is 0 Å². The molecular weight excluding hydrogens is 112 g/mol. The minimum absolute atomic E-state index is 0.261. The van der Waals surface area contributed by atoms with E-state index in [4.69, 9.17) is 23.1 Å². The van der Waals surface area contributed by atoms with Gasteiger partial charge in [0.2, 0.25) is 0 Å². The lowest BCUT2D eigenvalue weighted by Crippen LogP contribution is -2.06. The largest absolute Gasteiger partial charge is 0.386 e. The van der Waals surface area contributed by atoms with Crippen molar-refractivity contribution in [2.75, 3.05) is 0 Å². The van der Waals surface area contributed by atoms with E-state index in [9.17, 15) is 0 Å². The highest BCUT2D eigenvalue weighted by Crippen LogP contribution is 1.79. The number of hydrogen-bond acceptors (Lipinski definition) is 2. The fourth-order valence-electron chi connectivity index (χ4n) is 0.147. The molecule has 3 heteroatoms. The zero-order chi connectivity index (χ0) is 5.70. The molecule has 0 atom stereocenters. The first-order valence-corrected chi connectivity index (χ1v) is 2.19. The van der Waals surface area contributed by atoms with Crippen molar-refractivity contribution in [2.45, 2.75) is 0 Å². The number of nitrogens with two attached hydrogens (primary N) is 2. The molecular formula is C4H7ClN2. The number of halogens is 1. The van der Waals surface area contributed by atoms with Crippen molar-refractivity contribution in [3.63, 3.8) is 0 Å². The van der Waals surface area contributed by atoms with Gasteiger partial charge in [0.25, 0.3) is 0 Å². The fraction of sp³-hybridized carbons (Fsp3) is 0. The maximum Gasteiger partial charge on any atom is 0.0933 e. The summed E-state index contributed by atoms with van der Waals surface area (Å²) < 4.78 is 0. The average molecular weight is 119 g/mol. The summed E-state index contributed by atoms with van der Waals surface area (Å²) in [6.07, 6.45) is 3.06. The summed E-state index contributed by atoms with van der Waals surface area (Å²) >= 11 is 5.11. The van der Waals surface area contributed by atoms with Crippen LogP contribution in [0.3, 0.4) is 0 Å². The van der Waals surface area contributed by atoms with E-state index < -0.39 is 0 Å². The van der Waals surface area contributed by atoms with Crippen LogP contribution in [0.15, 0.2) is 23.5 Å². The van der Waals surface area contributed by atoms with E-state index in [-0.39, 0.29) is 5.82 Å². The molecule has 0 radical (unpaired) electrons. The molecule has 0 saturated carbocycles. The van der Waals surface area contributed by atoms with Gasteiger partial charge in [-0.15, -0.1) is 0 Å². The molecule has 0 aliphatic rings. The molecule has 0 bridgehead atoms. The van der Waals surface area contributed by atoms with Gasteiger partial charge < -0.3 is 11.5 Å². The minimum Gasteiger partial charge on any atom is -0.386 e. The molecule has 7 heavy (non-hydrogen) atoms. The van der Waals surface area contributed by atoms with Crippen LogP contribution < -0.4 is 11.5 Å². The van der Waals surface area contributed by atoms with E-state index >= 15 is 0 Å². The van der Waals surface area contributed by atoms with E-state index in [0.717, 1.165) is 0 Å². The Bertz CT molecular complexity index is 91.9. The monoisotopic (exact) mass is 118 g/mol. The summed E-state index contributed by atoms with van der Waals surface area (Å²) in [6.45, 7) is 0. The van der Waals surface area contributed by atoms with Gasteiger partial charge in [-0.25, -0.2) is 0 Å². The van der Waals surface area contributed by atoms with Gasteiger partial charge in [-0.2, -0.15) is 0 Å². The Balaban J connectivity index is 3.46. The lowest BCUT2D eigenvalue weighted by Gasteiger charge is -1.80. The van der Waals surface area contributed by atoms with Crippen LogP contribution in [0, 0.1) is 0 Å². The highest BCUT2D eigenvalue weighted by atomic mass is 35.5. The van der Waals surface area contributed by atoms with Crippen molar-refractivity contribution in [3.8, 4) is 0 Å². The molecule has 0 aliphatic heterocycles. The first-order valence-electron chi connectivity index (χ1n) is 1.75. The molecule has 0 saturated heterocycles. The number of hydrogen-bond donors (Lipinski definition) is 2. The van der Waals surface area contributed by atoms with Crippen molar-refractivity contribution in [1.29, 1.82) is 0 Å². The van der Waals surface area contributed by atoms with Crippen LogP contribution in [0.25, 0.3) is 0 Å². The Labute approximate surface area is 47.4 Å². The summed E-state index contributed by atoms with van der Waals surface area (Å²) in [6, 6.07) is 0. The van der Waals surface area contributed by atoms with Crippen LogP contribution >= 0.6 is 11.6 Å². The lowest BCUT2D eigenvalue weighted by atomic mass is 10.5. The third-order valence-electron chi connectivity index (χ3n) is 0.361. The summed E-state index contributed by atoms with van der Waals surface area (Å²) in [5, 5.41) is 0. The highest BCUT2D eigenvalue weighted by Gasteiger charge is 1.66. The Morgan fingerprint density at radius 1 is 1.43 bits per heavy atom. The van der Waals surface area contributed by atoms with E-state index in [0.29, 0.717) is 0 Å². The fourth-order valence-corrected chi connectivity index (χ4v) is 0.220. The summed E-state index contributed by atoms with van der Waals surface area (Å²) in [5.74, 6) is 0.261. The molecule has 0 aromatic rings. The molecule has 0 aromatic heterocycles. The van der Waals surface area contributed by atoms with Gasteiger partial charge in [0, 0.05) is 5.54 Å². The molecule has 0 spiro atoms. The topological polar surface area (TPSA) is 52.0 Å². The summed E-state index contributed by atoms with van der Waals surface area (Å²) in [7, 11) is 0. The quantitative estimate of drug-likeness (QED) is 0.493. The van der Waals surface area contributed by atoms with Crippen LogP contribution in [0.1, 0.15) is 0 Å². The van der Waals surface area contributed by atoms with E-state index in [2.05, 4.69) is 0 Å². The van der Waals surface area contributed by atoms with Gasteiger partial charge in [0.05, 0.1) is 5.82 Å². The molecule has 0 fully saturated rings. The number of allylic oxidation sites excluding steroid dienone is 2. The molecule has 0 rings (SSSR count). The van der Waals surface area contributed by atoms with Gasteiger partial charge in [-0.05, 0) is 12.2 Å². The molecule has 2 nitrogen and oxygen atoms in total. The summed E-state index contributed by atoms with van der Waals surface area (Å²) in [4.78, 5) is 0. The van der Waals surface area contributed by atoms with E-state index in [1.54, 1.807) is 6.08 Å². The number of rotatable bonds is 1. The predicted octanol–water partition coefficient (Wildman–Crippen LogP) is 0.498. The van der Waals surface area contributed by atoms with E-state index in [1.807, 2.05) is 0 Å². The standard InChI is InChI=1S/C4H7ClN2/c5-3-1-2-4(6)7/h1-3H,6-7H2/b3-1+. The SMILES string of the molecule is NC(N)=C/C=C/Cl. The molecule has 0 aliphatic carbocycles. The zero-order valence-corrected chi connectivity index (χ0v) is 4.52. The Kier molecular flexibility index (Phi) is 3.24. The van der Waals surface area contributed by atoms with Crippen LogP contribution in [-0.4, -0.2) is 0 Å². The van der Waals surface area contributed by atoms with Crippen molar-refractivity contribution in [3.05, 3.63) is 23.5 Å². The molecule has 40 valence electrons. The van der Waals surface area contributed by atoms with Gasteiger partial charge in [-0.1, -0.05) is 11.6 Å². The second kappa shape index (κ2) is 3.56. The first-order chi connectivity index (χ1) is 3.27. The van der Waals surface area contributed by atoms with Crippen molar-refractivity contribution >= 4 is 11.6 Å². The maximum absolute atomic E-state index is 5.11. The van der Waals surface area contributed by atoms with Crippen molar-refractivity contribution in [2.24, 2.45) is 11.5 Å². The van der Waals surface area contributed by atoms with Crippen molar-refractivity contribution < 1.29 is 0 Å². The molecule has 0 heterocycles. The average Bonchev–Trinajstić information content (AvgIpc) is 1.61. The van der Waals surface area contributed by atoms with E-state index in [1.165, 1.54) is 11.6 Å². The maximum atomic E-state index is 5.11. The smallest absolute Gasteiger partial charge is 0.0933 e. The second-order valence-corrected chi connectivity index (χ2v) is 1.24. The molecule has 0 unspecified atom stereocenters. The Hall–Kier alpha value is -0.630. The summed E-state index contributed by atoms with van der Waals surface area (Å²) in [5.41, 5.74) is 11.3. The third-order valence-corrected chi connectivity index (χ3v) is 0.507. The Morgan fingerprint density at radius 3 is 2.14 bits per heavy atom. The normalized spacial score (nSPS) is 9.29. The lowest BCUT2D eigenvalue weighted by molar-refractivity contribution is 1.25. The third kappa shape index (κ3) is 5.37. The first kappa shape index (κ1) is 6.37. The minimum atomic E-state index is 0.261. The highest BCUT2D eigenvalue weighted by molar-refractivity contribution is 6.25. The van der Waals surface area contributed by atoms with Crippen LogP contribution in [0.5, 0.6) is 0 Å². The van der Waals surface area contributed by atoms with Crippen LogP contribution in [0.4, 0.5) is 0 Å². The van der Waals surface area contributed by atoms with Gasteiger partial charge in [0.15, 0.2) is 0 Å². The molecule has 4 N–H and O–H groups in total. The zero-order valence-electron chi connectivity index (χ0n) is 3.76. The van der Waals surface area contributed by atoms with Gasteiger partial charge in [-0.3, -0.25) is 0 Å². The van der Waals surface area contributed by atoms with Gasteiger partial charge in [0.1, 0.15) is 0 Å². The predicted molar refractivity (Wildman–Crippen MR) is 31.5 cm³/mol.